The van der Waals surface area contributed by atoms with Crippen molar-refractivity contribution in [2.24, 2.45) is 0 Å². The van der Waals surface area contributed by atoms with Gasteiger partial charge in [0.05, 0.1) is 0 Å². The second-order valence-electron chi connectivity index (χ2n) is 5.08. The van der Waals surface area contributed by atoms with E-state index in [9.17, 15) is 12.8 Å². The summed E-state index contributed by atoms with van der Waals surface area (Å²) >= 11 is 1.73. The minimum absolute atomic E-state index is 0.106. The van der Waals surface area contributed by atoms with E-state index in [-0.39, 0.29) is 10.9 Å². The molecule has 0 radical (unpaired) electrons. The SMILES string of the molecule is CCNCc1ccc(F)c(S(=O)(=O)NC2CCCSC2)c1. The van der Waals surface area contributed by atoms with Crippen LogP contribution in [-0.2, 0) is 16.6 Å². The third kappa shape index (κ3) is 4.67. The number of benzene rings is 1. The Hall–Kier alpha value is -0.630. The smallest absolute Gasteiger partial charge is 0.243 e. The summed E-state index contributed by atoms with van der Waals surface area (Å²) in [6.45, 7) is 3.26. The fourth-order valence-corrected chi connectivity index (χ4v) is 4.83. The van der Waals surface area contributed by atoms with Gasteiger partial charge in [-0.2, -0.15) is 11.8 Å². The van der Waals surface area contributed by atoms with E-state index in [1.165, 1.54) is 12.1 Å². The van der Waals surface area contributed by atoms with Gasteiger partial charge in [-0.3, -0.25) is 0 Å². The minimum atomic E-state index is -3.80. The molecule has 1 aliphatic rings. The standard InChI is InChI=1S/C14H21FN2O2S2/c1-2-16-9-11-5-6-13(15)14(8-11)21(18,19)17-12-4-3-7-20-10-12/h5-6,8,12,16-17H,2-4,7,9-10H2,1H3. The van der Waals surface area contributed by atoms with Gasteiger partial charge in [0.1, 0.15) is 10.7 Å². The van der Waals surface area contributed by atoms with Crippen molar-refractivity contribution in [2.45, 2.75) is 37.2 Å². The lowest BCUT2D eigenvalue weighted by atomic mass is 10.2. The van der Waals surface area contributed by atoms with Gasteiger partial charge in [0.15, 0.2) is 0 Å². The van der Waals surface area contributed by atoms with E-state index < -0.39 is 15.8 Å². The summed E-state index contributed by atoms with van der Waals surface area (Å²) in [7, 11) is -3.80. The molecule has 1 aliphatic heterocycles. The first-order valence-corrected chi connectivity index (χ1v) is 9.76. The first-order valence-electron chi connectivity index (χ1n) is 7.12. The molecule has 4 nitrogen and oxygen atoms in total. The van der Waals surface area contributed by atoms with Crippen molar-refractivity contribution in [3.05, 3.63) is 29.6 Å². The van der Waals surface area contributed by atoms with Crippen LogP contribution < -0.4 is 10.0 Å². The third-order valence-electron chi connectivity index (χ3n) is 3.35. The normalized spacial score (nSPS) is 19.6. The molecule has 0 spiro atoms. The summed E-state index contributed by atoms with van der Waals surface area (Å²) in [5.74, 6) is 1.11. The van der Waals surface area contributed by atoms with Gasteiger partial charge in [-0.1, -0.05) is 13.0 Å². The summed E-state index contributed by atoms with van der Waals surface area (Å²) < 4.78 is 41.3. The van der Waals surface area contributed by atoms with E-state index in [1.807, 2.05) is 6.92 Å². The topological polar surface area (TPSA) is 58.2 Å². The molecule has 1 saturated heterocycles. The fourth-order valence-electron chi connectivity index (χ4n) is 2.25. The maximum absolute atomic E-state index is 13.9. The number of hydrogen-bond donors (Lipinski definition) is 2. The van der Waals surface area contributed by atoms with Gasteiger partial charge in [0.25, 0.3) is 0 Å². The summed E-state index contributed by atoms with van der Waals surface area (Å²) in [6.07, 6.45) is 1.80. The zero-order chi connectivity index (χ0) is 15.3. The number of hydrogen-bond acceptors (Lipinski definition) is 4. The fraction of sp³-hybridized carbons (Fsp3) is 0.571. The van der Waals surface area contributed by atoms with Crippen LogP contribution in [0, 0.1) is 5.82 Å². The van der Waals surface area contributed by atoms with Crippen LogP contribution in [0.15, 0.2) is 23.1 Å². The third-order valence-corrected chi connectivity index (χ3v) is 6.10. The van der Waals surface area contributed by atoms with E-state index in [0.717, 1.165) is 36.5 Å². The molecule has 7 heteroatoms. The van der Waals surface area contributed by atoms with Gasteiger partial charge in [-0.05, 0) is 42.8 Å². The largest absolute Gasteiger partial charge is 0.313 e. The van der Waals surface area contributed by atoms with E-state index >= 15 is 0 Å². The summed E-state index contributed by atoms with van der Waals surface area (Å²) in [5, 5.41) is 3.10. The lowest BCUT2D eigenvalue weighted by Gasteiger charge is -2.22. The number of rotatable bonds is 6. The van der Waals surface area contributed by atoms with Crippen LogP contribution in [0.4, 0.5) is 4.39 Å². The van der Waals surface area contributed by atoms with Gasteiger partial charge >= 0.3 is 0 Å². The molecule has 2 rings (SSSR count). The van der Waals surface area contributed by atoms with Crippen molar-refractivity contribution >= 4 is 21.8 Å². The molecule has 1 aromatic rings. The maximum atomic E-state index is 13.9. The average molecular weight is 332 g/mol. The van der Waals surface area contributed by atoms with Gasteiger partial charge in [0.2, 0.25) is 10.0 Å². The lowest BCUT2D eigenvalue weighted by Crippen LogP contribution is -2.38. The van der Waals surface area contributed by atoms with E-state index in [0.29, 0.717) is 6.54 Å². The van der Waals surface area contributed by atoms with Crippen molar-refractivity contribution < 1.29 is 12.8 Å². The molecule has 0 amide bonds. The lowest BCUT2D eigenvalue weighted by molar-refractivity contribution is 0.530. The number of thioether (sulfide) groups is 1. The monoisotopic (exact) mass is 332 g/mol. The Morgan fingerprint density at radius 3 is 2.90 bits per heavy atom. The number of sulfonamides is 1. The number of halogens is 1. The molecule has 1 atom stereocenters. The Labute approximate surface area is 129 Å². The van der Waals surface area contributed by atoms with Crippen molar-refractivity contribution in [3.8, 4) is 0 Å². The molecule has 0 saturated carbocycles. The second kappa shape index (κ2) is 7.58. The Bertz CT molecular complexity index is 572. The van der Waals surface area contributed by atoms with E-state index in [2.05, 4.69) is 10.0 Å². The molecular formula is C14H21FN2O2S2. The van der Waals surface area contributed by atoms with Crippen LogP contribution in [0.2, 0.25) is 0 Å². The van der Waals surface area contributed by atoms with Crippen molar-refractivity contribution in [1.29, 1.82) is 0 Å². The molecule has 2 N–H and O–H groups in total. The Morgan fingerprint density at radius 2 is 2.24 bits per heavy atom. The van der Waals surface area contributed by atoms with E-state index in [4.69, 9.17) is 0 Å². The predicted molar refractivity (Wildman–Crippen MR) is 84.4 cm³/mol. The van der Waals surface area contributed by atoms with Crippen LogP contribution in [0.25, 0.3) is 0 Å². The van der Waals surface area contributed by atoms with Crippen LogP contribution in [-0.4, -0.2) is 32.5 Å². The molecule has 1 heterocycles. The molecule has 118 valence electrons. The van der Waals surface area contributed by atoms with Crippen molar-refractivity contribution in [2.75, 3.05) is 18.1 Å². The Kier molecular flexibility index (Phi) is 6.04. The highest BCUT2D eigenvalue weighted by molar-refractivity contribution is 7.99. The molecule has 1 aromatic carbocycles. The molecule has 0 aromatic heterocycles. The van der Waals surface area contributed by atoms with Crippen LogP contribution in [0.3, 0.4) is 0 Å². The Balaban J connectivity index is 2.17. The van der Waals surface area contributed by atoms with Gasteiger partial charge in [-0.15, -0.1) is 0 Å². The molecule has 1 unspecified atom stereocenters. The molecule has 0 bridgehead atoms. The van der Waals surface area contributed by atoms with Crippen LogP contribution in [0.1, 0.15) is 25.3 Å². The van der Waals surface area contributed by atoms with Crippen LogP contribution in [0.5, 0.6) is 0 Å². The second-order valence-corrected chi connectivity index (χ2v) is 7.91. The van der Waals surface area contributed by atoms with E-state index in [1.54, 1.807) is 17.8 Å². The highest BCUT2D eigenvalue weighted by atomic mass is 32.2. The molecule has 0 aliphatic carbocycles. The van der Waals surface area contributed by atoms with Crippen molar-refractivity contribution in [1.82, 2.24) is 10.0 Å². The summed E-state index contributed by atoms with van der Waals surface area (Å²) in [4.78, 5) is -0.256. The first kappa shape index (κ1) is 16.7. The van der Waals surface area contributed by atoms with Crippen molar-refractivity contribution in [3.63, 3.8) is 0 Å². The zero-order valence-electron chi connectivity index (χ0n) is 12.1. The van der Waals surface area contributed by atoms with Gasteiger partial charge < -0.3 is 5.32 Å². The number of nitrogens with one attached hydrogen (secondary N) is 2. The maximum Gasteiger partial charge on any atom is 0.243 e. The average Bonchev–Trinajstić information content (AvgIpc) is 2.47. The predicted octanol–water partition coefficient (Wildman–Crippen LogP) is 2.11. The molecule has 21 heavy (non-hydrogen) atoms. The van der Waals surface area contributed by atoms with Crippen LogP contribution >= 0.6 is 11.8 Å². The van der Waals surface area contributed by atoms with Gasteiger partial charge in [-0.25, -0.2) is 17.5 Å². The zero-order valence-corrected chi connectivity index (χ0v) is 13.7. The molecular weight excluding hydrogens is 311 g/mol. The highest BCUT2D eigenvalue weighted by Gasteiger charge is 2.24. The summed E-state index contributed by atoms with van der Waals surface area (Å²) in [5.41, 5.74) is 0.761. The van der Waals surface area contributed by atoms with Gasteiger partial charge in [0, 0.05) is 18.3 Å². The Morgan fingerprint density at radius 1 is 1.43 bits per heavy atom. The molecule has 1 fully saturated rings. The minimum Gasteiger partial charge on any atom is -0.313 e. The summed E-state index contributed by atoms with van der Waals surface area (Å²) in [6, 6.07) is 4.13. The quantitative estimate of drug-likeness (QED) is 0.838. The highest BCUT2D eigenvalue weighted by Crippen LogP contribution is 2.21. The first-order chi connectivity index (χ1) is 10.0.